The van der Waals surface area contributed by atoms with Gasteiger partial charge in [0.25, 0.3) is 0 Å². The van der Waals surface area contributed by atoms with Crippen molar-refractivity contribution in [2.24, 2.45) is 5.11 Å². The summed E-state index contributed by atoms with van der Waals surface area (Å²) < 4.78 is 22.4. The van der Waals surface area contributed by atoms with E-state index in [0.717, 1.165) is 12.8 Å². The van der Waals surface area contributed by atoms with Gasteiger partial charge in [-0.15, -0.1) is 11.8 Å². The molecular formula is C17H27N3O5S. The van der Waals surface area contributed by atoms with E-state index in [0.29, 0.717) is 5.25 Å². The molecule has 8 nitrogen and oxygen atoms in total. The first-order chi connectivity index (χ1) is 12.4. The summed E-state index contributed by atoms with van der Waals surface area (Å²) in [5, 5.41) is 4.13. The fourth-order valence-corrected chi connectivity index (χ4v) is 6.08. The minimum absolute atomic E-state index is 0.132. The van der Waals surface area contributed by atoms with Crippen LogP contribution in [0.4, 0.5) is 0 Å². The molecule has 2 saturated heterocycles. The molecule has 146 valence electrons. The zero-order valence-corrected chi connectivity index (χ0v) is 16.4. The Morgan fingerprint density at radius 1 is 1.31 bits per heavy atom. The van der Waals surface area contributed by atoms with Gasteiger partial charge in [-0.05, 0) is 32.2 Å². The fourth-order valence-electron chi connectivity index (χ4n) is 4.12. The zero-order chi connectivity index (χ0) is 18.8. The lowest BCUT2D eigenvalue weighted by Crippen LogP contribution is -2.50. The van der Waals surface area contributed by atoms with E-state index in [1.807, 2.05) is 13.8 Å². The van der Waals surface area contributed by atoms with Gasteiger partial charge in [0, 0.05) is 10.2 Å². The predicted molar refractivity (Wildman–Crippen MR) is 96.5 cm³/mol. The number of hydrogen-bond donors (Lipinski definition) is 0. The van der Waals surface area contributed by atoms with Crippen LogP contribution in [-0.4, -0.2) is 53.9 Å². The summed E-state index contributed by atoms with van der Waals surface area (Å²) in [5.74, 6) is -1.11. The third-order valence-electron chi connectivity index (χ3n) is 5.28. The number of ether oxygens (including phenoxy) is 4. The molecule has 0 aromatic rings. The first kappa shape index (κ1) is 19.8. The number of esters is 1. The summed E-state index contributed by atoms with van der Waals surface area (Å²) in [4.78, 5) is 15.2. The van der Waals surface area contributed by atoms with Crippen LogP contribution in [0.5, 0.6) is 0 Å². The summed E-state index contributed by atoms with van der Waals surface area (Å²) in [5.41, 5.74) is 8.77. The minimum Gasteiger partial charge on any atom is -0.469 e. The highest BCUT2D eigenvalue weighted by atomic mass is 32.2. The molecule has 0 bridgehead atoms. The Balaban J connectivity index is 1.93. The molecule has 0 amide bonds. The van der Waals surface area contributed by atoms with Crippen LogP contribution >= 0.6 is 11.8 Å². The van der Waals surface area contributed by atoms with Crippen LogP contribution in [0.3, 0.4) is 0 Å². The highest BCUT2D eigenvalue weighted by Crippen LogP contribution is 2.54. The van der Waals surface area contributed by atoms with Crippen LogP contribution in [0.15, 0.2) is 5.11 Å². The van der Waals surface area contributed by atoms with E-state index in [9.17, 15) is 4.79 Å². The SMILES string of the molecule is COC(=O)C[C@]1(SC2CCCCC2)[C@@H](CN=[N+]=[N-])O[C@@H]2OC(C)(C)O[C@@H]21. The van der Waals surface area contributed by atoms with Crippen molar-refractivity contribution in [3.05, 3.63) is 10.4 Å². The van der Waals surface area contributed by atoms with Gasteiger partial charge >= 0.3 is 5.97 Å². The first-order valence-corrected chi connectivity index (χ1v) is 10.0. The van der Waals surface area contributed by atoms with Crippen molar-refractivity contribution in [3.8, 4) is 0 Å². The summed E-state index contributed by atoms with van der Waals surface area (Å²) >= 11 is 1.74. The van der Waals surface area contributed by atoms with Crippen LogP contribution in [0.2, 0.25) is 0 Å². The maximum Gasteiger partial charge on any atom is 0.307 e. The van der Waals surface area contributed by atoms with E-state index < -0.39 is 29.0 Å². The topological polar surface area (TPSA) is 103 Å². The van der Waals surface area contributed by atoms with Crippen molar-refractivity contribution in [1.29, 1.82) is 0 Å². The number of carbonyl (C=O) groups is 1. The second-order valence-electron chi connectivity index (χ2n) is 7.55. The van der Waals surface area contributed by atoms with Crippen LogP contribution in [0.25, 0.3) is 10.4 Å². The Morgan fingerprint density at radius 2 is 2.04 bits per heavy atom. The Kier molecular flexibility index (Phi) is 6.04. The quantitative estimate of drug-likeness (QED) is 0.300. The van der Waals surface area contributed by atoms with Crippen LogP contribution in [-0.2, 0) is 23.7 Å². The summed E-state index contributed by atoms with van der Waals surface area (Å²) in [6.45, 7) is 3.81. The summed E-state index contributed by atoms with van der Waals surface area (Å²) in [6.07, 6.45) is 4.50. The third kappa shape index (κ3) is 3.97. The van der Waals surface area contributed by atoms with Crippen molar-refractivity contribution in [1.82, 2.24) is 0 Å². The molecular weight excluding hydrogens is 358 g/mol. The average Bonchev–Trinajstić information content (AvgIpc) is 3.05. The molecule has 3 rings (SSSR count). The molecule has 0 aromatic heterocycles. The summed E-state index contributed by atoms with van der Waals surface area (Å²) in [6, 6.07) is 0. The molecule has 1 saturated carbocycles. The van der Waals surface area contributed by atoms with Crippen LogP contribution in [0.1, 0.15) is 52.4 Å². The molecule has 0 radical (unpaired) electrons. The van der Waals surface area contributed by atoms with Gasteiger partial charge in [0.05, 0.1) is 30.9 Å². The molecule has 1 aliphatic carbocycles. The van der Waals surface area contributed by atoms with E-state index in [1.54, 1.807) is 11.8 Å². The average molecular weight is 385 g/mol. The molecule has 2 aliphatic heterocycles. The lowest BCUT2D eigenvalue weighted by Gasteiger charge is -2.40. The van der Waals surface area contributed by atoms with Crippen molar-refractivity contribution >= 4 is 17.7 Å². The van der Waals surface area contributed by atoms with Gasteiger partial charge in [-0.2, -0.15) is 0 Å². The Bertz CT molecular complexity index is 577. The molecule has 9 heteroatoms. The number of rotatable bonds is 6. The number of azide groups is 1. The van der Waals surface area contributed by atoms with E-state index >= 15 is 0 Å². The van der Waals surface area contributed by atoms with Crippen molar-refractivity contribution in [2.75, 3.05) is 13.7 Å². The first-order valence-electron chi connectivity index (χ1n) is 9.17. The summed E-state index contributed by atoms with van der Waals surface area (Å²) in [7, 11) is 1.38. The molecule has 3 aliphatic rings. The predicted octanol–water partition coefficient (Wildman–Crippen LogP) is 3.54. The van der Waals surface area contributed by atoms with Gasteiger partial charge in [0.2, 0.25) is 0 Å². The van der Waals surface area contributed by atoms with E-state index in [4.69, 9.17) is 24.5 Å². The Hall–Kier alpha value is -0.990. The third-order valence-corrected chi connectivity index (χ3v) is 7.16. The Labute approximate surface area is 157 Å². The number of thioether (sulfide) groups is 1. The highest BCUT2D eigenvalue weighted by Gasteiger charge is 2.64. The van der Waals surface area contributed by atoms with Gasteiger partial charge in [-0.3, -0.25) is 4.79 Å². The number of carbonyl (C=O) groups excluding carboxylic acids is 1. The molecule has 0 N–H and O–H groups in total. The standard InChI is InChI=1S/C17H27N3O5S/c1-16(2)24-14-15(25-16)23-12(10-19-20-18)17(14,9-13(21)22-3)26-11-7-5-4-6-8-11/h11-12,14-15H,4-10H2,1-3H3/t12-,14+,15-,17+/m1/s1. The van der Waals surface area contributed by atoms with E-state index in [1.165, 1.54) is 26.4 Å². The lowest BCUT2D eigenvalue weighted by molar-refractivity contribution is -0.207. The highest BCUT2D eigenvalue weighted by molar-refractivity contribution is 8.01. The molecule has 0 unspecified atom stereocenters. The van der Waals surface area contributed by atoms with Crippen LogP contribution < -0.4 is 0 Å². The normalized spacial score (nSPS) is 36.3. The molecule has 0 spiro atoms. The minimum atomic E-state index is -0.784. The maximum absolute atomic E-state index is 12.3. The van der Waals surface area contributed by atoms with Crippen LogP contribution in [0, 0.1) is 0 Å². The second-order valence-corrected chi connectivity index (χ2v) is 9.21. The fraction of sp³-hybridized carbons (Fsp3) is 0.941. The smallest absolute Gasteiger partial charge is 0.307 e. The number of methoxy groups -OCH3 is 1. The molecule has 26 heavy (non-hydrogen) atoms. The van der Waals surface area contributed by atoms with Crippen molar-refractivity contribution in [2.45, 2.75) is 86.7 Å². The van der Waals surface area contributed by atoms with Gasteiger partial charge in [0.1, 0.15) is 6.10 Å². The number of hydrogen-bond acceptors (Lipinski definition) is 7. The lowest BCUT2D eigenvalue weighted by atomic mass is 9.93. The van der Waals surface area contributed by atoms with Gasteiger partial charge < -0.3 is 18.9 Å². The zero-order valence-electron chi connectivity index (χ0n) is 15.6. The number of nitrogens with zero attached hydrogens (tertiary/aromatic N) is 3. The molecule has 2 heterocycles. The van der Waals surface area contributed by atoms with Crippen molar-refractivity contribution < 1.29 is 23.7 Å². The molecule has 3 fully saturated rings. The second kappa shape index (κ2) is 7.94. The van der Waals surface area contributed by atoms with E-state index in [-0.39, 0.29) is 18.9 Å². The largest absolute Gasteiger partial charge is 0.469 e. The van der Waals surface area contributed by atoms with Crippen molar-refractivity contribution in [3.63, 3.8) is 0 Å². The van der Waals surface area contributed by atoms with E-state index in [2.05, 4.69) is 10.0 Å². The molecule has 0 aromatic carbocycles. The molecule has 4 atom stereocenters. The maximum atomic E-state index is 12.3. The monoisotopic (exact) mass is 385 g/mol. The van der Waals surface area contributed by atoms with Gasteiger partial charge in [-0.25, -0.2) is 0 Å². The van der Waals surface area contributed by atoms with Gasteiger partial charge in [0.15, 0.2) is 12.1 Å². The van der Waals surface area contributed by atoms with Gasteiger partial charge in [-0.1, -0.05) is 24.4 Å². The Morgan fingerprint density at radius 3 is 2.69 bits per heavy atom. The number of fused-ring (bicyclic) bond motifs is 1.